The number of carbonyl (C=O) groups excluding carboxylic acids is 2. The maximum Gasteiger partial charge on any atom is 0.268 e. The third kappa shape index (κ3) is 4.86. The van der Waals surface area contributed by atoms with Crippen molar-refractivity contribution in [2.45, 2.75) is 26.5 Å². The van der Waals surface area contributed by atoms with Crippen LogP contribution in [0.25, 0.3) is 0 Å². The fourth-order valence-corrected chi connectivity index (χ4v) is 3.40. The molecule has 0 saturated heterocycles. The Bertz CT molecular complexity index is 1080. The Hall–Kier alpha value is -3.80. The van der Waals surface area contributed by atoms with Crippen LogP contribution in [0.5, 0.6) is 11.5 Å². The number of anilines is 2. The second-order valence-corrected chi connectivity index (χ2v) is 7.50. The average Bonchev–Trinajstić information content (AvgIpc) is 2.77. The minimum Gasteiger partial charge on any atom is -0.484 e. The van der Waals surface area contributed by atoms with Crippen molar-refractivity contribution >= 4 is 23.2 Å². The van der Waals surface area contributed by atoms with Crippen molar-refractivity contribution in [1.29, 1.82) is 0 Å². The first kappa shape index (κ1) is 20.5. The van der Waals surface area contributed by atoms with Gasteiger partial charge in [0.25, 0.3) is 11.8 Å². The molecule has 1 aliphatic rings. The molecular weight excluding hydrogens is 392 g/mol. The van der Waals surface area contributed by atoms with Gasteiger partial charge in [-0.1, -0.05) is 48.0 Å². The monoisotopic (exact) mass is 416 g/mol. The van der Waals surface area contributed by atoms with Gasteiger partial charge in [0.15, 0.2) is 12.7 Å². The molecule has 1 N–H and O–H groups in total. The topological polar surface area (TPSA) is 67.9 Å². The Morgan fingerprint density at radius 1 is 1.06 bits per heavy atom. The summed E-state index contributed by atoms with van der Waals surface area (Å²) in [6.07, 6.45) is -0.605. The van der Waals surface area contributed by atoms with E-state index in [2.05, 4.69) is 5.32 Å². The molecule has 158 valence electrons. The van der Waals surface area contributed by atoms with Gasteiger partial charge in [-0.15, -0.1) is 0 Å². The van der Waals surface area contributed by atoms with E-state index in [1.54, 1.807) is 30.0 Å². The fourth-order valence-electron chi connectivity index (χ4n) is 3.40. The molecule has 1 aliphatic heterocycles. The molecule has 4 rings (SSSR count). The molecule has 0 spiro atoms. The molecule has 0 aromatic heterocycles. The van der Waals surface area contributed by atoms with E-state index in [4.69, 9.17) is 9.47 Å². The van der Waals surface area contributed by atoms with Crippen LogP contribution in [-0.4, -0.2) is 24.5 Å². The second kappa shape index (κ2) is 8.92. The van der Waals surface area contributed by atoms with Gasteiger partial charge in [0.1, 0.15) is 11.5 Å². The number of nitrogens with one attached hydrogen (secondary N) is 1. The molecule has 31 heavy (non-hydrogen) atoms. The molecule has 0 fully saturated rings. The van der Waals surface area contributed by atoms with Crippen molar-refractivity contribution in [3.8, 4) is 11.5 Å². The number of aryl methyl sites for hydroxylation is 1. The highest BCUT2D eigenvalue weighted by Gasteiger charge is 2.31. The predicted molar refractivity (Wildman–Crippen MR) is 119 cm³/mol. The van der Waals surface area contributed by atoms with Crippen molar-refractivity contribution in [3.63, 3.8) is 0 Å². The van der Waals surface area contributed by atoms with Crippen LogP contribution >= 0.6 is 0 Å². The highest BCUT2D eigenvalue weighted by atomic mass is 16.5. The summed E-state index contributed by atoms with van der Waals surface area (Å²) in [6, 6.07) is 22.6. The number of nitrogens with zero attached hydrogens (tertiary/aromatic N) is 1. The number of hydrogen-bond donors (Lipinski definition) is 1. The van der Waals surface area contributed by atoms with E-state index in [0.717, 1.165) is 11.1 Å². The summed E-state index contributed by atoms with van der Waals surface area (Å²) >= 11 is 0. The van der Waals surface area contributed by atoms with Gasteiger partial charge >= 0.3 is 0 Å². The van der Waals surface area contributed by atoms with E-state index < -0.39 is 6.10 Å². The van der Waals surface area contributed by atoms with E-state index in [-0.39, 0.29) is 18.4 Å². The second-order valence-electron chi connectivity index (χ2n) is 7.50. The van der Waals surface area contributed by atoms with Gasteiger partial charge in [-0.05, 0) is 43.7 Å². The van der Waals surface area contributed by atoms with Crippen LogP contribution in [0.3, 0.4) is 0 Å². The molecular formula is C25H24N2O4. The van der Waals surface area contributed by atoms with Crippen molar-refractivity contribution < 1.29 is 19.1 Å². The predicted octanol–water partition coefficient (Wildman–Crippen LogP) is 4.33. The molecule has 0 saturated carbocycles. The van der Waals surface area contributed by atoms with Crippen LogP contribution in [0.15, 0.2) is 72.8 Å². The lowest BCUT2D eigenvalue weighted by atomic mass is 10.1. The maximum atomic E-state index is 12.7. The van der Waals surface area contributed by atoms with Crippen LogP contribution in [0.2, 0.25) is 0 Å². The number of benzene rings is 3. The van der Waals surface area contributed by atoms with Crippen molar-refractivity contribution in [3.05, 3.63) is 83.9 Å². The third-order valence-corrected chi connectivity index (χ3v) is 5.03. The van der Waals surface area contributed by atoms with Crippen LogP contribution < -0.4 is 19.7 Å². The molecule has 1 atom stereocenters. The number of amides is 2. The van der Waals surface area contributed by atoms with Crippen LogP contribution in [-0.2, 0) is 16.1 Å². The number of hydrogen-bond acceptors (Lipinski definition) is 4. The van der Waals surface area contributed by atoms with E-state index in [1.807, 2.05) is 61.5 Å². The van der Waals surface area contributed by atoms with Crippen molar-refractivity contribution in [2.24, 2.45) is 0 Å². The smallest absolute Gasteiger partial charge is 0.268 e. The molecule has 6 nitrogen and oxygen atoms in total. The molecule has 0 radical (unpaired) electrons. The largest absolute Gasteiger partial charge is 0.484 e. The zero-order valence-electron chi connectivity index (χ0n) is 17.5. The zero-order valence-corrected chi connectivity index (χ0v) is 17.5. The average molecular weight is 416 g/mol. The van der Waals surface area contributed by atoms with E-state index >= 15 is 0 Å². The number of fused-ring (bicyclic) bond motifs is 1. The van der Waals surface area contributed by atoms with Gasteiger partial charge in [0.2, 0.25) is 0 Å². The maximum absolute atomic E-state index is 12.7. The Morgan fingerprint density at radius 3 is 2.55 bits per heavy atom. The minimum atomic E-state index is -0.605. The highest BCUT2D eigenvalue weighted by molar-refractivity contribution is 6.00. The molecule has 1 unspecified atom stereocenters. The summed E-state index contributed by atoms with van der Waals surface area (Å²) in [4.78, 5) is 26.7. The first-order valence-electron chi connectivity index (χ1n) is 10.1. The third-order valence-electron chi connectivity index (χ3n) is 5.03. The quantitative estimate of drug-likeness (QED) is 0.650. The first-order chi connectivity index (χ1) is 15.0. The van der Waals surface area contributed by atoms with Gasteiger partial charge in [-0.25, -0.2) is 0 Å². The summed E-state index contributed by atoms with van der Waals surface area (Å²) in [5, 5.41) is 2.82. The van der Waals surface area contributed by atoms with E-state index in [0.29, 0.717) is 29.4 Å². The Kier molecular flexibility index (Phi) is 5.89. The van der Waals surface area contributed by atoms with Crippen LogP contribution in [0.1, 0.15) is 18.1 Å². The summed E-state index contributed by atoms with van der Waals surface area (Å²) in [5.74, 6) is 0.819. The number of rotatable bonds is 6. The van der Waals surface area contributed by atoms with Gasteiger partial charge in [-0.3, -0.25) is 9.59 Å². The zero-order chi connectivity index (χ0) is 21.8. The fraction of sp³-hybridized carbons (Fsp3) is 0.200. The SMILES string of the molecule is Cc1ccc(OCC(=O)Nc2ccc3c(c2)OC(C)C(=O)N3Cc2ccccc2)cc1. The van der Waals surface area contributed by atoms with Gasteiger partial charge < -0.3 is 19.7 Å². The normalized spacial score (nSPS) is 15.1. The Labute approximate surface area is 181 Å². The molecule has 0 bridgehead atoms. The molecule has 0 aliphatic carbocycles. The molecule has 1 heterocycles. The van der Waals surface area contributed by atoms with Crippen molar-refractivity contribution in [1.82, 2.24) is 0 Å². The van der Waals surface area contributed by atoms with Gasteiger partial charge in [-0.2, -0.15) is 0 Å². The Balaban J connectivity index is 1.45. The number of carbonyl (C=O) groups is 2. The lowest BCUT2D eigenvalue weighted by molar-refractivity contribution is -0.125. The molecule has 2 amide bonds. The Morgan fingerprint density at radius 2 is 1.81 bits per heavy atom. The molecule has 3 aromatic carbocycles. The summed E-state index contributed by atoms with van der Waals surface area (Å²) in [5.41, 5.74) is 3.42. The van der Waals surface area contributed by atoms with Crippen LogP contribution in [0, 0.1) is 6.92 Å². The summed E-state index contributed by atoms with van der Waals surface area (Å²) < 4.78 is 11.3. The standard InChI is InChI=1S/C25H24N2O4/c1-17-8-11-21(12-9-17)30-16-24(28)26-20-10-13-22-23(14-20)31-18(2)25(29)27(22)15-19-6-4-3-5-7-19/h3-14,18H,15-16H2,1-2H3,(H,26,28). The van der Waals surface area contributed by atoms with Gasteiger partial charge in [0, 0.05) is 11.8 Å². The van der Waals surface area contributed by atoms with Crippen LogP contribution in [0.4, 0.5) is 11.4 Å². The van der Waals surface area contributed by atoms with E-state index in [9.17, 15) is 9.59 Å². The summed E-state index contributed by atoms with van der Waals surface area (Å²) in [7, 11) is 0. The lowest BCUT2D eigenvalue weighted by Crippen LogP contribution is -2.44. The van der Waals surface area contributed by atoms with Gasteiger partial charge in [0.05, 0.1) is 12.2 Å². The molecule has 3 aromatic rings. The number of ether oxygens (including phenoxy) is 2. The van der Waals surface area contributed by atoms with Crippen molar-refractivity contribution in [2.75, 3.05) is 16.8 Å². The highest BCUT2D eigenvalue weighted by Crippen LogP contribution is 2.37. The minimum absolute atomic E-state index is 0.0976. The summed E-state index contributed by atoms with van der Waals surface area (Å²) in [6.45, 7) is 4.07. The van der Waals surface area contributed by atoms with E-state index in [1.165, 1.54) is 0 Å². The lowest BCUT2D eigenvalue weighted by Gasteiger charge is -2.33. The molecule has 6 heteroatoms. The first-order valence-corrected chi connectivity index (χ1v) is 10.1.